The summed E-state index contributed by atoms with van der Waals surface area (Å²) in [6.07, 6.45) is 48.3. The van der Waals surface area contributed by atoms with E-state index in [1.807, 2.05) is 6.08 Å². The number of unbranched alkanes of at least 4 members (excludes halogenated alkanes) is 30. The van der Waals surface area contributed by atoms with E-state index in [9.17, 15) is 45.6 Å². The summed E-state index contributed by atoms with van der Waals surface area (Å²) in [6.45, 7) is 2.78. The smallest absolute Gasteiger partial charge is 0.220 e. The molecule has 2 aliphatic heterocycles. The molecule has 0 spiro atoms. The minimum atomic E-state index is -1.79. The molecule has 0 aromatic rings. The maximum absolute atomic E-state index is 13.3. The molecule has 12 unspecified atom stereocenters. The maximum atomic E-state index is 13.3. The third-order valence-corrected chi connectivity index (χ3v) is 15.4. The van der Waals surface area contributed by atoms with Crippen LogP contribution in [0.3, 0.4) is 0 Å². The molecule has 9 N–H and O–H groups in total. The van der Waals surface area contributed by atoms with Gasteiger partial charge >= 0.3 is 0 Å². The van der Waals surface area contributed by atoms with E-state index in [0.717, 1.165) is 57.8 Å². The van der Waals surface area contributed by atoms with Gasteiger partial charge in [0.1, 0.15) is 48.8 Å². The lowest BCUT2D eigenvalue weighted by Crippen LogP contribution is -2.65. The monoisotopic (exact) mass is 1120 g/mol. The Morgan fingerprint density at radius 1 is 0.456 bits per heavy atom. The summed E-state index contributed by atoms with van der Waals surface area (Å²) in [5.41, 5.74) is 0. The molecule has 1 amide bonds. The van der Waals surface area contributed by atoms with Gasteiger partial charge < -0.3 is 65.1 Å². The van der Waals surface area contributed by atoms with Crippen molar-refractivity contribution in [1.82, 2.24) is 5.32 Å². The molecule has 0 bridgehead atoms. The van der Waals surface area contributed by atoms with E-state index in [0.29, 0.717) is 12.8 Å². The van der Waals surface area contributed by atoms with E-state index in [1.165, 1.54) is 161 Å². The van der Waals surface area contributed by atoms with E-state index in [2.05, 4.69) is 67.8 Å². The van der Waals surface area contributed by atoms with E-state index in [4.69, 9.17) is 18.9 Å². The highest BCUT2D eigenvalue weighted by atomic mass is 16.7. The van der Waals surface area contributed by atoms with Gasteiger partial charge in [-0.2, -0.15) is 0 Å². The first kappa shape index (κ1) is 72.8. The number of amides is 1. The second-order valence-corrected chi connectivity index (χ2v) is 22.5. The van der Waals surface area contributed by atoms with Crippen molar-refractivity contribution in [1.29, 1.82) is 0 Å². The lowest BCUT2D eigenvalue weighted by atomic mass is 9.97. The van der Waals surface area contributed by atoms with Crippen molar-refractivity contribution in [3.63, 3.8) is 0 Å². The van der Waals surface area contributed by atoms with E-state index in [-0.39, 0.29) is 18.9 Å². The number of hydrogen-bond acceptors (Lipinski definition) is 13. The van der Waals surface area contributed by atoms with Gasteiger partial charge in [0.15, 0.2) is 12.6 Å². The molecule has 2 heterocycles. The van der Waals surface area contributed by atoms with Gasteiger partial charge in [0, 0.05) is 6.42 Å². The molecule has 460 valence electrons. The normalized spacial score (nSPS) is 24.8. The largest absolute Gasteiger partial charge is 0.394 e. The number of ether oxygens (including phenoxy) is 4. The minimum Gasteiger partial charge on any atom is -0.394 e. The highest BCUT2D eigenvalue weighted by Gasteiger charge is 2.51. The van der Waals surface area contributed by atoms with Crippen LogP contribution in [0.4, 0.5) is 0 Å². The lowest BCUT2D eigenvalue weighted by molar-refractivity contribution is -0.359. The summed E-state index contributed by atoms with van der Waals surface area (Å²) in [5.74, 6) is -0.258. The molecule has 14 nitrogen and oxygen atoms in total. The number of nitrogens with one attached hydrogen (secondary N) is 1. The molecule has 12 atom stereocenters. The third kappa shape index (κ3) is 35.4. The van der Waals surface area contributed by atoms with Gasteiger partial charge in [-0.3, -0.25) is 4.79 Å². The molecular formula is C65H117NO13. The standard InChI is InChI=1S/C65H117NO13/c1-3-5-7-9-11-13-15-17-19-21-23-25-26-27-29-30-32-34-36-38-40-42-44-46-48-54(69)53(52-76-64-62(75)60(73)63(56(51-68)78-64)79-65-61(74)59(72)58(71)55(50-67)77-65)66-57(70)49-47-45-43-41-39-37-35-33-31-28-24-22-20-18-16-14-12-10-8-6-4-2/h16,18,22,24,30,32,38,40,46,48,53-56,58-65,67-69,71-75H,3-15,17,19-21,23,25-29,31,33-37,39,41-45,47,49-52H2,1-2H3,(H,66,70)/b18-16-,24-22-,32-30+,40-38+,48-46+. The molecule has 79 heavy (non-hydrogen) atoms. The Labute approximate surface area is 479 Å². The Hall–Kier alpha value is -2.31. The van der Waals surface area contributed by atoms with Gasteiger partial charge in [-0.05, 0) is 77.0 Å². The molecule has 0 aliphatic carbocycles. The predicted molar refractivity (Wildman–Crippen MR) is 318 cm³/mol. The van der Waals surface area contributed by atoms with Crippen molar-refractivity contribution < 1.29 is 64.6 Å². The van der Waals surface area contributed by atoms with Gasteiger partial charge in [0.25, 0.3) is 0 Å². The summed E-state index contributed by atoms with van der Waals surface area (Å²) in [5, 5.41) is 87.2. The number of aliphatic hydroxyl groups is 8. The fraction of sp³-hybridized carbons (Fsp3) is 0.831. The van der Waals surface area contributed by atoms with Gasteiger partial charge in [-0.1, -0.05) is 229 Å². The number of hydrogen-bond donors (Lipinski definition) is 9. The quantitative estimate of drug-likeness (QED) is 0.0204. The van der Waals surface area contributed by atoms with Crippen molar-refractivity contribution >= 4 is 5.91 Å². The summed E-state index contributed by atoms with van der Waals surface area (Å²) in [7, 11) is 0. The maximum Gasteiger partial charge on any atom is 0.220 e. The Kier molecular flexibility index (Phi) is 46.3. The van der Waals surface area contributed by atoms with Crippen molar-refractivity contribution in [3.05, 3.63) is 60.8 Å². The summed E-state index contributed by atoms with van der Waals surface area (Å²) < 4.78 is 22.8. The van der Waals surface area contributed by atoms with Crippen LogP contribution in [0.5, 0.6) is 0 Å². The van der Waals surface area contributed by atoms with Crippen molar-refractivity contribution in [2.75, 3.05) is 19.8 Å². The van der Waals surface area contributed by atoms with Gasteiger partial charge in [-0.15, -0.1) is 0 Å². The molecule has 0 saturated carbocycles. The van der Waals surface area contributed by atoms with Crippen LogP contribution < -0.4 is 5.32 Å². The van der Waals surface area contributed by atoms with Gasteiger partial charge in [0.2, 0.25) is 5.91 Å². The predicted octanol–water partition coefficient (Wildman–Crippen LogP) is 11.7. The summed E-state index contributed by atoms with van der Waals surface area (Å²) in [4.78, 5) is 13.3. The molecule has 2 aliphatic rings. The highest BCUT2D eigenvalue weighted by molar-refractivity contribution is 5.76. The summed E-state index contributed by atoms with van der Waals surface area (Å²) >= 11 is 0. The second-order valence-electron chi connectivity index (χ2n) is 22.5. The Balaban J connectivity index is 1.77. The Bertz CT molecular complexity index is 1560. The number of aliphatic hydroxyl groups excluding tert-OH is 8. The van der Waals surface area contributed by atoms with Crippen molar-refractivity contribution in [3.8, 4) is 0 Å². The molecule has 0 aromatic carbocycles. The first-order valence-electron chi connectivity index (χ1n) is 32.0. The molecule has 0 aromatic heterocycles. The van der Waals surface area contributed by atoms with Crippen LogP contribution >= 0.6 is 0 Å². The Morgan fingerprint density at radius 2 is 0.848 bits per heavy atom. The molecule has 14 heteroatoms. The second kappa shape index (κ2) is 50.2. The van der Waals surface area contributed by atoms with Crippen LogP contribution in [-0.2, 0) is 23.7 Å². The van der Waals surface area contributed by atoms with Crippen LogP contribution in [0.1, 0.15) is 251 Å². The first-order valence-corrected chi connectivity index (χ1v) is 32.0. The Morgan fingerprint density at radius 3 is 1.32 bits per heavy atom. The topological polar surface area (TPSA) is 228 Å². The van der Waals surface area contributed by atoms with Crippen LogP contribution in [0.15, 0.2) is 60.8 Å². The minimum absolute atomic E-state index is 0.258. The number of rotatable bonds is 51. The first-order chi connectivity index (χ1) is 38.6. The molecular weight excluding hydrogens is 1000 g/mol. The average molecular weight is 1120 g/mol. The zero-order valence-electron chi connectivity index (χ0n) is 49.6. The number of allylic oxidation sites excluding steroid dienone is 9. The fourth-order valence-corrected chi connectivity index (χ4v) is 10.2. The van der Waals surface area contributed by atoms with E-state index >= 15 is 0 Å². The van der Waals surface area contributed by atoms with Crippen LogP contribution in [-0.4, -0.2) is 140 Å². The number of carbonyl (C=O) groups is 1. The number of carbonyl (C=O) groups excluding carboxylic acids is 1. The van der Waals surface area contributed by atoms with Crippen LogP contribution in [0.2, 0.25) is 0 Å². The molecule has 2 saturated heterocycles. The average Bonchev–Trinajstić information content (AvgIpc) is 3.47. The van der Waals surface area contributed by atoms with Crippen molar-refractivity contribution in [2.24, 2.45) is 0 Å². The third-order valence-electron chi connectivity index (χ3n) is 15.4. The molecule has 2 rings (SSSR count). The highest BCUT2D eigenvalue weighted by Crippen LogP contribution is 2.30. The van der Waals surface area contributed by atoms with E-state index in [1.54, 1.807) is 6.08 Å². The zero-order chi connectivity index (χ0) is 57.4. The molecule has 2 fully saturated rings. The lowest BCUT2D eigenvalue weighted by Gasteiger charge is -2.46. The van der Waals surface area contributed by atoms with Gasteiger partial charge in [-0.25, -0.2) is 0 Å². The fourth-order valence-electron chi connectivity index (χ4n) is 10.2. The summed E-state index contributed by atoms with van der Waals surface area (Å²) in [6, 6.07) is -0.943. The van der Waals surface area contributed by atoms with E-state index < -0.39 is 86.8 Å². The SMILES string of the molecule is CCCCCCC/C=C\C/C=C\CCCCCCCCCCCC(=O)NC(COC1OC(CO)C(OC2OC(CO)C(O)C(O)C2O)C(O)C1O)C(O)/C=C/CC/C=C/CC/C=C/CCCCCCCCCCCCCCCC. The van der Waals surface area contributed by atoms with Crippen LogP contribution in [0, 0.1) is 0 Å². The van der Waals surface area contributed by atoms with Crippen molar-refractivity contribution in [2.45, 2.75) is 325 Å². The molecule has 0 radical (unpaired) electrons. The zero-order valence-corrected chi connectivity index (χ0v) is 49.6. The van der Waals surface area contributed by atoms with Crippen LogP contribution in [0.25, 0.3) is 0 Å². The van der Waals surface area contributed by atoms with Gasteiger partial charge in [0.05, 0.1) is 32.0 Å².